The van der Waals surface area contributed by atoms with E-state index < -0.39 is 41.0 Å². The Labute approximate surface area is 212 Å². The van der Waals surface area contributed by atoms with Gasteiger partial charge in [-0.05, 0) is 55.9 Å². The van der Waals surface area contributed by atoms with Crippen molar-refractivity contribution in [3.05, 3.63) is 61.7 Å². The minimum absolute atomic E-state index is 0.0000117. The fraction of sp³-hybridized carbons (Fsp3) is 0.407. The van der Waals surface area contributed by atoms with Crippen LogP contribution in [0.15, 0.2) is 16.9 Å². The van der Waals surface area contributed by atoms with Crippen LogP contribution >= 0.6 is 0 Å². The molecule has 1 aliphatic carbocycles. The molecule has 3 N–H and O–H groups in total. The molecule has 9 nitrogen and oxygen atoms in total. The van der Waals surface area contributed by atoms with Crippen LogP contribution < -0.4 is 10.9 Å². The van der Waals surface area contributed by atoms with E-state index in [0.717, 1.165) is 12.5 Å². The number of benzene rings is 1. The molecule has 3 atom stereocenters. The third kappa shape index (κ3) is 3.15. The Hall–Kier alpha value is -3.63. The molecule has 0 saturated carbocycles. The standard InChI is InChI=1S/C27H26FN3O6/c1-4-27(36)16-7-20-23-14(9-31(20)25(34)15(16)10-37-26(27)35)22-18(30-24(33)12(3)32)6-5-13-11(2)17(28)8-19(29-23)21(13)22/h7-8,12,18,32,36H,4-6,9-10H2,1-3H3,(H,30,33)/t12?,18-,27-/m0/s1/i12D. The lowest BCUT2D eigenvalue weighted by molar-refractivity contribution is -0.172. The van der Waals surface area contributed by atoms with Crippen LogP contribution in [-0.2, 0) is 39.5 Å². The van der Waals surface area contributed by atoms with Crippen LogP contribution in [0.1, 0.15) is 67.5 Å². The summed E-state index contributed by atoms with van der Waals surface area (Å²) in [6, 6.07) is 2.28. The Morgan fingerprint density at radius 1 is 1.38 bits per heavy atom. The van der Waals surface area contributed by atoms with Gasteiger partial charge >= 0.3 is 5.97 Å². The van der Waals surface area contributed by atoms with Crippen molar-refractivity contribution in [1.82, 2.24) is 14.9 Å². The van der Waals surface area contributed by atoms with Gasteiger partial charge in [-0.25, -0.2) is 14.2 Å². The highest BCUT2D eigenvalue weighted by Gasteiger charge is 2.46. The highest BCUT2D eigenvalue weighted by Crippen LogP contribution is 2.45. The molecule has 6 rings (SSSR count). The summed E-state index contributed by atoms with van der Waals surface area (Å²) in [5, 5.41) is 24.5. The van der Waals surface area contributed by atoms with Gasteiger partial charge in [-0.2, -0.15) is 0 Å². The average Bonchev–Trinajstić information content (AvgIpc) is 3.23. The van der Waals surface area contributed by atoms with Gasteiger partial charge in [-0.15, -0.1) is 0 Å². The number of cyclic esters (lactones) is 1. The number of fused-ring (bicyclic) bond motifs is 5. The molecular weight excluding hydrogens is 481 g/mol. The zero-order chi connectivity index (χ0) is 27.3. The molecule has 1 aromatic carbocycles. The van der Waals surface area contributed by atoms with Crippen molar-refractivity contribution in [3.63, 3.8) is 0 Å². The summed E-state index contributed by atoms with van der Waals surface area (Å²) in [6.07, 6.45) is -1.52. The predicted molar refractivity (Wildman–Crippen MR) is 130 cm³/mol. The Kier molecular flexibility index (Phi) is 4.84. The maximum atomic E-state index is 14.9. The van der Waals surface area contributed by atoms with Crippen molar-refractivity contribution >= 4 is 22.8 Å². The molecule has 2 aromatic heterocycles. The van der Waals surface area contributed by atoms with E-state index in [4.69, 9.17) is 11.1 Å². The molecule has 0 spiro atoms. The van der Waals surface area contributed by atoms with Crippen LogP contribution in [0.2, 0.25) is 0 Å². The first kappa shape index (κ1) is 22.6. The zero-order valence-electron chi connectivity index (χ0n) is 21.6. The number of hydrogen-bond donors (Lipinski definition) is 3. The number of halogens is 1. The number of aliphatic hydroxyl groups is 2. The molecule has 4 heterocycles. The largest absolute Gasteiger partial charge is 0.458 e. The van der Waals surface area contributed by atoms with Crippen LogP contribution in [0.4, 0.5) is 4.39 Å². The summed E-state index contributed by atoms with van der Waals surface area (Å²) in [4.78, 5) is 43.4. The van der Waals surface area contributed by atoms with E-state index in [9.17, 15) is 29.0 Å². The van der Waals surface area contributed by atoms with Gasteiger partial charge in [-0.1, -0.05) is 6.92 Å². The van der Waals surface area contributed by atoms with E-state index in [1.807, 2.05) is 0 Å². The van der Waals surface area contributed by atoms with Crippen molar-refractivity contribution in [3.8, 4) is 11.4 Å². The van der Waals surface area contributed by atoms with Crippen LogP contribution in [0, 0.1) is 12.7 Å². The van der Waals surface area contributed by atoms with Crippen molar-refractivity contribution in [2.24, 2.45) is 0 Å². The van der Waals surface area contributed by atoms with E-state index in [1.54, 1.807) is 19.9 Å². The van der Waals surface area contributed by atoms with Crippen LogP contribution in [0.5, 0.6) is 0 Å². The Morgan fingerprint density at radius 2 is 2.14 bits per heavy atom. The summed E-state index contributed by atoms with van der Waals surface area (Å²) in [5.74, 6) is -2.13. The molecule has 0 saturated heterocycles. The van der Waals surface area contributed by atoms with Gasteiger partial charge in [0.15, 0.2) is 5.60 Å². The van der Waals surface area contributed by atoms with Gasteiger partial charge in [0, 0.05) is 22.6 Å². The van der Waals surface area contributed by atoms with E-state index in [-0.39, 0.29) is 30.7 Å². The van der Waals surface area contributed by atoms with Crippen molar-refractivity contribution in [2.45, 2.75) is 70.9 Å². The van der Waals surface area contributed by atoms with Gasteiger partial charge in [0.25, 0.3) is 5.56 Å². The average molecular weight is 509 g/mol. The topological polar surface area (TPSA) is 131 Å². The lowest BCUT2D eigenvalue weighted by atomic mass is 9.81. The van der Waals surface area contributed by atoms with Crippen molar-refractivity contribution in [1.29, 1.82) is 0 Å². The summed E-state index contributed by atoms with van der Waals surface area (Å²) >= 11 is 0. The van der Waals surface area contributed by atoms with Crippen LogP contribution in [0.25, 0.3) is 22.3 Å². The molecule has 192 valence electrons. The van der Waals surface area contributed by atoms with Crippen molar-refractivity contribution < 1.29 is 30.3 Å². The van der Waals surface area contributed by atoms with Gasteiger partial charge in [0.05, 0.1) is 36.4 Å². The monoisotopic (exact) mass is 508 g/mol. The summed E-state index contributed by atoms with van der Waals surface area (Å²) < 4.78 is 29.3. The number of amides is 1. The number of nitrogens with zero attached hydrogens (tertiary/aromatic N) is 2. The third-order valence-electron chi connectivity index (χ3n) is 8.01. The lowest BCUT2D eigenvalue weighted by Crippen LogP contribution is -2.44. The quantitative estimate of drug-likeness (QED) is 0.361. The molecule has 37 heavy (non-hydrogen) atoms. The number of rotatable bonds is 3. The van der Waals surface area contributed by atoms with E-state index in [1.165, 1.54) is 10.6 Å². The second kappa shape index (κ2) is 7.93. The number of aryl methyl sites for hydroxylation is 1. The SMILES string of the molecule is [2H]C(C)(O)C(=O)N[C@H]1CCc2c(C)c(F)cc3nc4c(c1c23)Cn1c-4cc2c(c1=O)COC(=O)[C@]2(O)CC. The molecule has 3 aromatic rings. The molecule has 1 amide bonds. The second-order valence-corrected chi connectivity index (χ2v) is 9.96. The smallest absolute Gasteiger partial charge is 0.343 e. The maximum absolute atomic E-state index is 14.9. The van der Waals surface area contributed by atoms with E-state index >= 15 is 0 Å². The number of nitrogens with one attached hydrogen (secondary N) is 1. The fourth-order valence-electron chi connectivity index (χ4n) is 5.96. The molecule has 0 fully saturated rings. The number of hydrogen-bond acceptors (Lipinski definition) is 7. The first-order valence-electron chi connectivity index (χ1n) is 12.7. The summed E-state index contributed by atoms with van der Waals surface area (Å²) in [5.41, 5.74) is 1.58. The van der Waals surface area contributed by atoms with Crippen molar-refractivity contribution in [2.75, 3.05) is 0 Å². The molecule has 1 unspecified atom stereocenters. The molecule has 2 aliphatic heterocycles. The fourth-order valence-corrected chi connectivity index (χ4v) is 5.96. The number of esters is 1. The Morgan fingerprint density at radius 3 is 2.84 bits per heavy atom. The highest BCUT2D eigenvalue weighted by molar-refractivity contribution is 5.94. The van der Waals surface area contributed by atoms with E-state index in [0.29, 0.717) is 51.8 Å². The summed E-state index contributed by atoms with van der Waals surface area (Å²) in [6.45, 7) is 4.22. The Balaban J connectivity index is 1.64. The van der Waals surface area contributed by atoms with Gasteiger partial charge < -0.3 is 24.8 Å². The normalized spacial score (nSPS) is 23.5. The lowest BCUT2D eigenvalue weighted by Gasteiger charge is -2.31. The second-order valence-electron chi connectivity index (χ2n) is 9.96. The number of aromatic nitrogens is 2. The summed E-state index contributed by atoms with van der Waals surface area (Å²) in [7, 11) is 0. The van der Waals surface area contributed by atoms with Gasteiger partial charge in [0.2, 0.25) is 5.91 Å². The number of pyridine rings is 2. The zero-order valence-corrected chi connectivity index (χ0v) is 20.6. The van der Waals surface area contributed by atoms with E-state index in [2.05, 4.69) is 5.32 Å². The number of carbonyl (C=O) groups is 2. The number of carbonyl (C=O) groups excluding carboxylic acids is 2. The first-order valence-corrected chi connectivity index (χ1v) is 12.2. The minimum atomic E-state index is -2.36. The molecular formula is C27H26FN3O6. The third-order valence-corrected chi connectivity index (χ3v) is 8.01. The highest BCUT2D eigenvalue weighted by atomic mass is 19.1. The molecule has 0 radical (unpaired) electrons. The first-order chi connectivity index (χ1) is 17.9. The Bertz CT molecular complexity index is 1660. The van der Waals surface area contributed by atoms with Gasteiger partial charge in [0.1, 0.15) is 18.5 Å². The van der Waals surface area contributed by atoms with Crippen LogP contribution in [0.3, 0.4) is 0 Å². The predicted octanol–water partition coefficient (Wildman–Crippen LogP) is 2.01. The number of ether oxygens (including phenoxy) is 1. The van der Waals surface area contributed by atoms with Gasteiger partial charge in [-0.3, -0.25) is 9.59 Å². The minimum Gasteiger partial charge on any atom is -0.458 e. The molecule has 10 heteroatoms. The molecule has 3 aliphatic rings. The van der Waals surface area contributed by atoms with Crippen LogP contribution in [-0.4, -0.2) is 37.7 Å². The maximum Gasteiger partial charge on any atom is 0.343 e. The molecule has 0 bridgehead atoms.